The van der Waals surface area contributed by atoms with E-state index in [0.29, 0.717) is 10.6 Å². The Morgan fingerprint density at radius 3 is 2.34 bits per heavy atom. The van der Waals surface area contributed by atoms with Crippen molar-refractivity contribution in [1.29, 1.82) is 0 Å². The molecular weight excluding hydrogens is 562 g/mol. The fourth-order valence-electron chi connectivity index (χ4n) is 3.63. The summed E-state index contributed by atoms with van der Waals surface area (Å²) < 4.78 is 110. The molecule has 0 unspecified atom stereocenters. The molecule has 198 valence electrons. The molecule has 0 atom stereocenters. The standard InChI is InChI=1S/C21H12F6N6O3S2/c1-9-6-10(2-3-12(9)20(22,23)24)13-7-15(21(25,26)27)33-18(30-13)11(8-29-33)19-31-17(32-36-19)14-4-5-16(37-14)38(28,34)35/h2-8H,1H3,(H2,28,34,35). The Bertz CT molecular complexity index is 1800. The number of rotatable bonds is 4. The maximum absolute atomic E-state index is 13.9. The van der Waals surface area contributed by atoms with E-state index in [0.717, 1.165) is 35.7 Å². The first-order valence-electron chi connectivity index (χ1n) is 10.2. The Kier molecular flexibility index (Phi) is 5.84. The minimum absolute atomic E-state index is 0.0102. The number of primary sulfonamides is 1. The van der Waals surface area contributed by atoms with E-state index >= 15 is 0 Å². The summed E-state index contributed by atoms with van der Waals surface area (Å²) in [5.41, 5.74) is -3.06. The summed E-state index contributed by atoms with van der Waals surface area (Å²) in [5, 5.41) is 12.6. The number of aromatic nitrogens is 5. The van der Waals surface area contributed by atoms with Gasteiger partial charge in [0.15, 0.2) is 11.3 Å². The molecule has 5 aromatic rings. The van der Waals surface area contributed by atoms with Crippen molar-refractivity contribution >= 4 is 27.0 Å². The lowest BCUT2D eigenvalue weighted by Crippen LogP contribution is -2.14. The molecule has 0 aliphatic carbocycles. The Balaban J connectivity index is 1.64. The van der Waals surface area contributed by atoms with Crippen molar-refractivity contribution in [2.24, 2.45) is 5.14 Å². The van der Waals surface area contributed by atoms with E-state index in [1.165, 1.54) is 19.1 Å². The quantitative estimate of drug-likeness (QED) is 0.293. The third-order valence-electron chi connectivity index (χ3n) is 5.33. The van der Waals surface area contributed by atoms with Crippen LogP contribution >= 0.6 is 11.3 Å². The monoisotopic (exact) mass is 574 g/mol. The molecule has 5 rings (SSSR count). The molecule has 0 saturated carbocycles. The van der Waals surface area contributed by atoms with Crippen LogP contribution in [0.2, 0.25) is 0 Å². The van der Waals surface area contributed by atoms with Crippen molar-refractivity contribution in [3.63, 3.8) is 0 Å². The summed E-state index contributed by atoms with van der Waals surface area (Å²) in [5.74, 6) is -0.341. The molecule has 38 heavy (non-hydrogen) atoms. The average Bonchev–Trinajstić information content (AvgIpc) is 3.54. The summed E-state index contributed by atoms with van der Waals surface area (Å²) in [6.45, 7) is 1.19. The highest BCUT2D eigenvalue weighted by molar-refractivity contribution is 7.91. The summed E-state index contributed by atoms with van der Waals surface area (Å²) in [4.78, 5) is 8.57. The van der Waals surface area contributed by atoms with Gasteiger partial charge in [0.2, 0.25) is 15.8 Å². The predicted octanol–water partition coefficient (Wildman–Crippen LogP) is 5.17. The van der Waals surface area contributed by atoms with Gasteiger partial charge in [-0.3, -0.25) is 0 Å². The zero-order valence-electron chi connectivity index (χ0n) is 18.7. The number of hydrogen-bond donors (Lipinski definition) is 1. The minimum Gasteiger partial charge on any atom is -0.333 e. The number of halogens is 6. The molecule has 0 fully saturated rings. The molecule has 2 N–H and O–H groups in total. The topological polar surface area (TPSA) is 129 Å². The fourth-order valence-corrected chi connectivity index (χ4v) is 5.29. The molecule has 0 bridgehead atoms. The van der Waals surface area contributed by atoms with E-state index < -0.39 is 33.6 Å². The van der Waals surface area contributed by atoms with Crippen LogP contribution in [-0.2, 0) is 22.4 Å². The lowest BCUT2D eigenvalue weighted by molar-refractivity contribution is -0.142. The van der Waals surface area contributed by atoms with E-state index in [2.05, 4.69) is 20.2 Å². The van der Waals surface area contributed by atoms with Gasteiger partial charge in [0.05, 0.1) is 22.3 Å². The van der Waals surface area contributed by atoms with Crippen LogP contribution in [0.1, 0.15) is 16.8 Å². The molecule has 1 aromatic carbocycles. The minimum atomic E-state index is -4.90. The summed E-state index contributed by atoms with van der Waals surface area (Å²) >= 11 is 0.754. The van der Waals surface area contributed by atoms with Crippen LogP contribution in [0, 0.1) is 6.92 Å². The summed E-state index contributed by atoms with van der Waals surface area (Å²) in [6.07, 6.45) is -8.52. The average molecular weight is 574 g/mol. The van der Waals surface area contributed by atoms with Gasteiger partial charge in [-0.2, -0.15) is 36.4 Å². The van der Waals surface area contributed by atoms with Crippen molar-refractivity contribution in [2.75, 3.05) is 0 Å². The van der Waals surface area contributed by atoms with E-state index in [1.54, 1.807) is 0 Å². The van der Waals surface area contributed by atoms with E-state index in [9.17, 15) is 34.8 Å². The Labute approximate surface area is 212 Å². The van der Waals surface area contributed by atoms with Crippen LogP contribution in [0.15, 0.2) is 51.3 Å². The molecular formula is C21H12F6N6O3S2. The normalized spacial score (nSPS) is 12.9. The largest absolute Gasteiger partial charge is 0.433 e. The van der Waals surface area contributed by atoms with Gasteiger partial charge in [0, 0.05) is 5.56 Å². The smallest absolute Gasteiger partial charge is 0.333 e. The highest BCUT2D eigenvalue weighted by atomic mass is 32.2. The van der Waals surface area contributed by atoms with E-state index in [4.69, 9.17) is 9.66 Å². The number of nitrogens with two attached hydrogens (primary N) is 1. The molecule has 0 amide bonds. The maximum atomic E-state index is 13.9. The molecule has 9 nitrogen and oxygen atoms in total. The number of benzene rings is 1. The maximum Gasteiger partial charge on any atom is 0.433 e. The van der Waals surface area contributed by atoms with Gasteiger partial charge >= 0.3 is 12.4 Å². The van der Waals surface area contributed by atoms with Crippen LogP contribution in [0.25, 0.3) is 39.1 Å². The lowest BCUT2D eigenvalue weighted by atomic mass is 10.0. The van der Waals surface area contributed by atoms with Gasteiger partial charge in [0.25, 0.3) is 5.89 Å². The molecule has 4 aromatic heterocycles. The van der Waals surface area contributed by atoms with Crippen LogP contribution in [0.4, 0.5) is 26.3 Å². The molecule has 0 saturated heterocycles. The Morgan fingerprint density at radius 2 is 1.74 bits per heavy atom. The number of thiophene rings is 1. The third kappa shape index (κ3) is 4.63. The first-order valence-corrected chi connectivity index (χ1v) is 12.6. The van der Waals surface area contributed by atoms with Crippen LogP contribution in [0.5, 0.6) is 0 Å². The molecule has 0 spiro atoms. The first kappa shape index (κ1) is 25.8. The lowest BCUT2D eigenvalue weighted by Gasteiger charge is -2.14. The highest BCUT2D eigenvalue weighted by Crippen LogP contribution is 2.37. The van der Waals surface area contributed by atoms with Gasteiger partial charge < -0.3 is 4.52 Å². The number of alkyl halides is 6. The molecule has 0 radical (unpaired) electrons. The number of aryl methyl sites for hydroxylation is 1. The Morgan fingerprint density at radius 1 is 1.00 bits per heavy atom. The van der Waals surface area contributed by atoms with Crippen LogP contribution in [-0.4, -0.2) is 33.2 Å². The van der Waals surface area contributed by atoms with Crippen molar-refractivity contribution < 1.29 is 39.3 Å². The first-order chi connectivity index (χ1) is 17.6. The second-order valence-electron chi connectivity index (χ2n) is 7.93. The van der Waals surface area contributed by atoms with Gasteiger partial charge in [-0.05, 0) is 42.8 Å². The van der Waals surface area contributed by atoms with Crippen molar-refractivity contribution in [2.45, 2.75) is 23.5 Å². The van der Waals surface area contributed by atoms with Crippen molar-refractivity contribution in [3.8, 4) is 33.4 Å². The zero-order chi connectivity index (χ0) is 27.6. The highest BCUT2D eigenvalue weighted by Gasteiger charge is 2.37. The number of hydrogen-bond acceptors (Lipinski definition) is 8. The number of sulfonamides is 1. The van der Waals surface area contributed by atoms with Gasteiger partial charge in [-0.1, -0.05) is 11.2 Å². The summed E-state index contributed by atoms with van der Waals surface area (Å²) in [7, 11) is -3.98. The van der Waals surface area contributed by atoms with E-state index in [-0.39, 0.29) is 48.8 Å². The molecule has 0 aliphatic heterocycles. The predicted molar refractivity (Wildman–Crippen MR) is 121 cm³/mol. The third-order valence-corrected chi connectivity index (χ3v) is 7.85. The second-order valence-corrected chi connectivity index (χ2v) is 10.8. The van der Waals surface area contributed by atoms with Gasteiger partial charge in [-0.15, -0.1) is 11.3 Å². The molecule has 4 heterocycles. The van der Waals surface area contributed by atoms with Crippen LogP contribution in [0.3, 0.4) is 0 Å². The number of fused-ring (bicyclic) bond motifs is 1. The molecule has 17 heteroatoms. The summed E-state index contributed by atoms with van der Waals surface area (Å²) in [6, 6.07) is 6.15. The SMILES string of the molecule is Cc1cc(-c2cc(C(F)(F)F)n3ncc(-c4nc(-c5ccc(S(N)(=O)=O)s5)no4)c3n2)ccc1C(F)(F)F. The van der Waals surface area contributed by atoms with Crippen molar-refractivity contribution in [3.05, 3.63) is 59.4 Å². The van der Waals surface area contributed by atoms with Crippen LogP contribution < -0.4 is 5.14 Å². The van der Waals surface area contributed by atoms with Crippen molar-refractivity contribution in [1.82, 2.24) is 24.7 Å². The van der Waals surface area contributed by atoms with E-state index in [1.807, 2.05) is 0 Å². The van der Waals surface area contributed by atoms with Gasteiger partial charge in [0.1, 0.15) is 9.77 Å². The Hall–Kier alpha value is -3.83. The molecule has 0 aliphatic rings. The zero-order valence-corrected chi connectivity index (χ0v) is 20.3. The second kappa shape index (κ2) is 8.60. The number of nitrogens with zero attached hydrogens (tertiary/aromatic N) is 5. The van der Waals surface area contributed by atoms with Gasteiger partial charge in [-0.25, -0.2) is 23.1 Å². The fraction of sp³-hybridized carbons (Fsp3) is 0.143.